The minimum Gasteiger partial charge on any atom is -0.457 e. The monoisotopic (exact) mass is 204 g/mol. The molecule has 3 heteroatoms. The molecule has 1 atom stereocenters. The summed E-state index contributed by atoms with van der Waals surface area (Å²) in [6, 6.07) is 2.13. The van der Waals surface area contributed by atoms with Crippen molar-refractivity contribution < 1.29 is 4.42 Å². The van der Waals surface area contributed by atoms with Crippen LogP contribution in [-0.2, 0) is 5.41 Å². The molecule has 0 aliphatic carbocycles. The molecule has 1 unspecified atom stereocenters. The summed E-state index contributed by atoms with van der Waals surface area (Å²) in [6.45, 7) is 8.36. The maximum absolute atomic E-state index is 5.74. The second kappa shape index (κ2) is 3.33. The van der Waals surface area contributed by atoms with E-state index in [0.29, 0.717) is 0 Å². The van der Waals surface area contributed by atoms with Gasteiger partial charge in [-0.05, 0) is 6.92 Å². The first kappa shape index (κ1) is 10.1. The van der Waals surface area contributed by atoms with Crippen LogP contribution in [0.2, 0.25) is 0 Å². The van der Waals surface area contributed by atoms with Crippen LogP contribution in [0.15, 0.2) is 20.5 Å². The van der Waals surface area contributed by atoms with Crippen LogP contribution in [0, 0.1) is 0 Å². The molecule has 1 aromatic rings. The van der Waals surface area contributed by atoms with E-state index < -0.39 is 0 Å². The molecule has 0 spiro atoms. The average Bonchev–Trinajstić information content (AvgIpc) is 2.47. The lowest BCUT2D eigenvalue weighted by Crippen LogP contribution is -2.09. The Kier molecular flexibility index (Phi) is 2.25. The maximum Gasteiger partial charge on any atom is 0.170 e. The second-order valence-corrected chi connectivity index (χ2v) is 4.91. The van der Waals surface area contributed by atoms with E-state index in [2.05, 4.69) is 30.8 Å². The first-order valence-electron chi connectivity index (χ1n) is 5.18. The molecule has 0 amide bonds. The van der Waals surface area contributed by atoms with Gasteiger partial charge in [-0.15, -0.1) is 0 Å². The van der Waals surface area contributed by atoms with E-state index >= 15 is 0 Å². The van der Waals surface area contributed by atoms with E-state index in [9.17, 15) is 0 Å². The van der Waals surface area contributed by atoms with Crippen LogP contribution < -0.4 is 0 Å². The highest BCUT2D eigenvalue weighted by molar-refractivity contribution is 5.88. The van der Waals surface area contributed by atoms with Gasteiger partial charge < -0.3 is 4.42 Å². The van der Waals surface area contributed by atoms with Crippen molar-refractivity contribution in [3.63, 3.8) is 0 Å². The molecule has 1 aliphatic heterocycles. The maximum atomic E-state index is 5.74. The van der Waals surface area contributed by atoms with Gasteiger partial charge in [-0.3, -0.25) is 9.98 Å². The predicted molar refractivity (Wildman–Crippen MR) is 62.6 cm³/mol. The Labute approximate surface area is 89.9 Å². The summed E-state index contributed by atoms with van der Waals surface area (Å²) in [7, 11) is 0. The zero-order valence-corrected chi connectivity index (χ0v) is 9.61. The van der Waals surface area contributed by atoms with Crippen molar-refractivity contribution in [2.45, 2.75) is 39.2 Å². The molecule has 0 aromatic carbocycles. The van der Waals surface area contributed by atoms with Crippen molar-refractivity contribution in [3.8, 4) is 0 Å². The largest absolute Gasteiger partial charge is 0.457 e. The number of aliphatic imine (C=N–C) groups is 2. The van der Waals surface area contributed by atoms with Gasteiger partial charge in [0.15, 0.2) is 5.76 Å². The molecule has 1 aromatic heterocycles. The lowest BCUT2D eigenvalue weighted by molar-refractivity contribution is 0.407. The minimum atomic E-state index is 0.0151. The van der Waals surface area contributed by atoms with E-state index in [1.807, 2.05) is 19.2 Å². The van der Waals surface area contributed by atoms with Crippen LogP contribution in [0.25, 0.3) is 0 Å². The molecular formula is C12H16N2O. The standard InChI is InChI=1S/C12H16N2O/c1-8-6-14-9-5-11(12(2,3)4)15-10(9)7-13-8/h5-8H,1-4H3. The van der Waals surface area contributed by atoms with Crippen LogP contribution >= 0.6 is 0 Å². The number of rotatable bonds is 0. The SMILES string of the molecule is CC1C=Nc2cc(C(C)(C)C)oc2C=N1. The fraction of sp³-hybridized carbons (Fsp3) is 0.500. The van der Waals surface area contributed by atoms with Gasteiger partial charge in [0, 0.05) is 17.7 Å². The molecule has 0 radical (unpaired) electrons. The Morgan fingerprint density at radius 3 is 2.73 bits per heavy atom. The van der Waals surface area contributed by atoms with E-state index in [1.165, 1.54) is 0 Å². The minimum absolute atomic E-state index is 0.0151. The topological polar surface area (TPSA) is 37.9 Å². The van der Waals surface area contributed by atoms with E-state index in [4.69, 9.17) is 4.42 Å². The number of hydrogen-bond acceptors (Lipinski definition) is 3. The molecule has 2 rings (SSSR count). The third kappa shape index (κ3) is 2.01. The summed E-state index contributed by atoms with van der Waals surface area (Å²) in [5.74, 6) is 1.71. The molecule has 1 aliphatic rings. The van der Waals surface area contributed by atoms with Gasteiger partial charge in [0.1, 0.15) is 11.4 Å². The Morgan fingerprint density at radius 1 is 1.33 bits per heavy atom. The smallest absolute Gasteiger partial charge is 0.170 e. The van der Waals surface area contributed by atoms with Crippen molar-refractivity contribution in [2.24, 2.45) is 9.98 Å². The number of fused-ring (bicyclic) bond motifs is 1. The Hall–Kier alpha value is -1.38. The van der Waals surface area contributed by atoms with E-state index in [-0.39, 0.29) is 11.5 Å². The third-order valence-electron chi connectivity index (χ3n) is 2.34. The van der Waals surface area contributed by atoms with Crippen molar-refractivity contribution in [1.82, 2.24) is 0 Å². The van der Waals surface area contributed by atoms with Crippen LogP contribution in [-0.4, -0.2) is 18.5 Å². The Bertz CT molecular complexity index is 390. The molecule has 0 bridgehead atoms. The molecule has 3 nitrogen and oxygen atoms in total. The summed E-state index contributed by atoms with van der Waals surface area (Å²) in [4.78, 5) is 8.65. The van der Waals surface area contributed by atoms with Gasteiger partial charge in [0.25, 0.3) is 0 Å². The third-order valence-corrected chi connectivity index (χ3v) is 2.34. The molecule has 2 heterocycles. The molecular weight excluding hydrogens is 188 g/mol. The number of nitrogens with zero attached hydrogens (tertiary/aromatic N) is 2. The molecule has 80 valence electrons. The highest BCUT2D eigenvalue weighted by atomic mass is 16.3. The normalized spacial score (nSPS) is 20.1. The van der Waals surface area contributed by atoms with Gasteiger partial charge in [-0.2, -0.15) is 0 Å². The van der Waals surface area contributed by atoms with Gasteiger partial charge >= 0.3 is 0 Å². The van der Waals surface area contributed by atoms with Crippen molar-refractivity contribution in [3.05, 3.63) is 17.6 Å². The van der Waals surface area contributed by atoms with Crippen molar-refractivity contribution in [1.29, 1.82) is 0 Å². The summed E-state index contributed by atoms with van der Waals surface area (Å²) >= 11 is 0. The van der Waals surface area contributed by atoms with Crippen molar-refractivity contribution >= 4 is 18.1 Å². The summed E-state index contributed by atoms with van der Waals surface area (Å²) < 4.78 is 5.74. The van der Waals surface area contributed by atoms with E-state index in [1.54, 1.807) is 6.21 Å². The van der Waals surface area contributed by atoms with Crippen LogP contribution in [0.4, 0.5) is 5.69 Å². The first-order valence-corrected chi connectivity index (χ1v) is 5.18. The first-order chi connectivity index (χ1) is 6.97. The lowest BCUT2D eigenvalue weighted by atomic mass is 9.93. The van der Waals surface area contributed by atoms with Crippen molar-refractivity contribution in [2.75, 3.05) is 0 Å². The molecule has 0 saturated carbocycles. The number of hydrogen-bond donors (Lipinski definition) is 0. The summed E-state index contributed by atoms with van der Waals surface area (Å²) in [5, 5.41) is 0. The fourth-order valence-electron chi connectivity index (χ4n) is 1.37. The second-order valence-electron chi connectivity index (χ2n) is 4.91. The van der Waals surface area contributed by atoms with Crippen LogP contribution in [0.5, 0.6) is 0 Å². The quantitative estimate of drug-likeness (QED) is 0.639. The van der Waals surface area contributed by atoms with E-state index in [0.717, 1.165) is 17.2 Å². The number of furan rings is 1. The molecule has 0 saturated heterocycles. The van der Waals surface area contributed by atoms with Gasteiger partial charge in [0.2, 0.25) is 0 Å². The van der Waals surface area contributed by atoms with Gasteiger partial charge in [-0.25, -0.2) is 0 Å². The van der Waals surface area contributed by atoms with Crippen LogP contribution in [0.3, 0.4) is 0 Å². The molecule has 15 heavy (non-hydrogen) atoms. The average molecular weight is 204 g/mol. The van der Waals surface area contributed by atoms with Gasteiger partial charge in [0.05, 0.1) is 12.3 Å². The zero-order chi connectivity index (χ0) is 11.1. The zero-order valence-electron chi connectivity index (χ0n) is 9.61. The van der Waals surface area contributed by atoms with Crippen LogP contribution in [0.1, 0.15) is 39.2 Å². The lowest BCUT2D eigenvalue weighted by Gasteiger charge is -2.13. The highest BCUT2D eigenvalue weighted by Crippen LogP contribution is 2.31. The Morgan fingerprint density at radius 2 is 2.07 bits per heavy atom. The highest BCUT2D eigenvalue weighted by Gasteiger charge is 2.21. The Balaban J connectivity index is 2.44. The van der Waals surface area contributed by atoms with Gasteiger partial charge in [-0.1, -0.05) is 20.8 Å². The fourth-order valence-corrected chi connectivity index (χ4v) is 1.37. The predicted octanol–water partition coefficient (Wildman–Crippen LogP) is 3.10. The summed E-state index contributed by atoms with van der Waals surface area (Å²) in [5.41, 5.74) is 0.897. The summed E-state index contributed by atoms with van der Waals surface area (Å²) in [6.07, 6.45) is 3.60. The molecule has 0 N–H and O–H groups in total. The molecule has 0 fully saturated rings.